The summed E-state index contributed by atoms with van der Waals surface area (Å²) < 4.78 is 0. The molecule has 1 aliphatic heterocycles. The number of carboxylic acids is 1. The summed E-state index contributed by atoms with van der Waals surface area (Å²) in [6.07, 6.45) is 2.78. The molecule has 1 aromatic heterocycles. The Labute approximate surface area is 318 Å². The first-order valence-electron chi connectivity index (χ1n) is 18.9. The van der Waals surface area contributed by atoms with Crippen LogP contribution in [0.2, 0.25) is 0 Å². The van der Waals surface area contributed by atoms with Crippen LogP contribution in [-0.2, 0) is 20.9 Å². The number of nitrogens with one attached hydrogen (secondary N) is 2. The normalized spacial score (nSPS) is 17.7. The van der Waals surface area contributed by atoms with Gasteiger partial charge in [-0.25, -0.2) is 4.98 Å². The largest absolute Gasteiger partial charge is 0.481 e. The molecule has 4 rings (SSSR count). The molecular formula is C41H57N5O6S. The number of piperidine rings is 1. The predicted molar refractivity (Wildman–Crippen MR) is 207 cm³/mol. The topological polar surface area (TPSA) is 152 Å². The van der Waals surface area contributed by atoms with Crippen LogP contribution in [0.5, 0.6) is 0 Å². The van der Waals surface area contributed by atoms with E-state index in [4.69, 9.17) is 0 Å². The molecule has 0 bridgehead atoms. The van der Waals surface area contributed by atoms with Crippen molar-refractivity contribution < 1.29 is 29.4 Å². The molecular weight excluding hydrogens is 691 g/mol. The van der Waals surface area contributed by atoms with E-state index in [2.05, 4.69) is 20.5 Å². The van der Waals surface area contributed by atoms with Gasteiger partial charge >= 0.3 is 5.97 Å². The van der Waals surface area contributed by atoms with Gasteiger partial charge < -0.3 is 25.7 Å². The van der Waals surface area contributed by atoms with Gasteiger partial charge in [0.2, 0.25) is 11.8 Å². The summed E-state index contributed by atoms with van der Waals surface area (Å²) >= 11 is 1.17. The Bertz CT molecular complexity index is 1660. The summed E-state index contributed by atoms with van der Waals surface area (Å²) in [5.41, 5.74) is 2.66. The molecule has 11 nitrogen and oxygen atoms in total. The average Bonchev–Trinajstić information content (AvgIpc) is 3.65. The fraction of sp³-hybridized carbons (Fsp3) is 0.537. The molecule has 1 fully saturated rings. The zero-order valence-electron chi connectivity index (χ0n) is 32.0. The van der Waals surface area contributed by atoms with Crippen molar-refractivity contribution in [3.05, 3.63) is 87.4 Å². The molecule has 1 aliphatic rings. The van der Waals surface area contributed by atoms with Crippen molar-refractivity contribution >= 4 is 35.0 Å². The lowest BCUT2D eigenvalue weighted by atomic mass is 9.91. The monoisotopic (exact) mass is 747 g/mol. The van der Waals surface area contributed by atoms with Gasteiger partial charge in [-0.05, 0) is 68.3 Å². The summed E-state index contributed by atoms with van der Waals surface area (Å²) in [6, 6.07) is 15.6. The number of carbonyl (C=O) groups is 4. The molecule has 3 amide bonds. The average molecular weight is 748 g/mol. The van der Waals surface area contributed by atoms with E-state index in [0.29, 0.717) is 23.5 Å². The molecule has 0 spiro atoms. The van der Waals surface area contributed by atoms with Gasteiger partial charge in [0.15, 0.2) is 0 Å². The van der Waals surface area contributed by atoms with E-state index in [1.807, 2.05) is 84.1 Å². The number of likely N-dealkylation sites (N-methyl/N-ethyl adjacent to an activating group) is 1. The van der Waals surface area contributed by atoms with Gasteiger partial charge in [-0.1, -0.05) is 95.1 Å². The third-order valence-electron chi connectivity index (χ3n) is 10.6. The van der Waals surface area contributed by atoms with Crippen molar-refractivity contribution in [2.75, 3.05) is 20.1 Å². The van der Waals surface area contributed by atoms with Gasteiger partial charge in [-0.15, -0.1) is 11.3 Å². The minimum Gasteiger partial charge on any atom is -0.481 e. The predicted octanol–water partition coefficient (Wildman–Crippen LogP) is 5.93. The Morgan fingerprint density at radius 1 is 1.04 bits per heavy atom. The van der Waals surface area contributed by atoms with Gasteiger partial charge in [0, 0.05) is 30.9 Å². The molecule has 1 saturated heterocycles. The maximum atomic E-state index is 14.7. The van der Waals surface area contributed by atoms with Gasteiger partial charge in [0.05, 0.1) is 12.0 Å². The number of aliphatic hydroxyl groups is 1. The number of benzene rings is 2. The SMILES string of the molecule is CCC(C)C(NC(=O)C1CCCCN1C)C(=O)N(Cc1ccccc1)[C@H](C[C@@H](O)c1nc(C(=O)NCC[C@@H](C(=O)O)c2ccccc2C)cs1)C(C)C. The molecule has 2 aromatic carbocycles. The highest BCUT2D eigenvalue weighted by molar-refractivity contribution is 7.09. The van der Waals surface area contributed by atoms with Crippen LogP contribution < -0.4 is 10.6 Å². The number of amides is 3. The minimum atomic E-state index is -1.06. The number of carbonyl (C=O) groups excluding carboxylic acids is 3. The maximum Gasteiger partial charge on any atom is 0.311 e. The number of aryl methyl sites for hydroxylation is 1. The Kier molecular flexibility index (Phi) is 15.6. The molecule has 6 atom stereocenters. The highest BCUT2D eigenvalue weighted by Gasteiger charge is 2.38. The Morgan fingerprint density at radius 2 is 1.74 bits per heavy atom. The summed E-state index contributed by atoms with van der Waals surface area (Å²) in [4.78, 5) is 61.8. The Balaban J connectivity index is 1.50. The van der Waals surface area contributed by atoms with Crippen LogP contribution in [0.25, 0.3) is 0 Å². The Morgan fingerprint density at radius 3 is 2.38 bits per heavy atom. The van der Waals surface area contributed by atoms with Crippen molar-refractivity contribution in [2.24, 2.45) is 11.8 Å². The van der Waals surface area contributed by atoms with Crippen molar-refractivity contribution in [3.63, 3.8) is 0 Å². The van der Waals surface area contributed by atoms with E-state index in [0.717, 1.165) is 36.9 Å². The lowest BCUT2D eigenvalue weighted by molar-refractivity contribution is -0.143. The summed E-state index contributed by atoms with van der Waals surface area (Å²) in [7, 11) is 1.95. The standard InChI is InChI=1S/C41H57N5O6S/c1-7-27(4)36(44-38(49)33-19-13-14-22-45(33)6)40(50)46(24-29-16-9-8-10-17-29)34(26(2)3)23-35(47)39-43-32(25-53-39)37(48)42-21-20-31(41(51)52)30-18-12-11-15-28(30)5/h8-12,15-18,25-27,31,33-36,47H,7,13-14,19-24H2,1-6H3,(H,42,48)(H,44,49)(H,51,52)/t27?,31-,33?,34-,35-,36?/m1/s1. The molecule has 0 radical (unpaired) electrons. The maximum absolute atomic E-state index is 14.7. The van der Waals surface area contributed by atoms with Gasteiger partial charge in [-0.2, -0.15) is 0 Å². The number of thiazole rings is 1. The van der Waals surface area contributed by atoms with E-state index in [-0.39, 0.29) is 54.8 Å². The molecule has 288 valence electrons. The van der Waals surface area contributed by atoms with E-state index in [1.54, 1.807) is 22.4 Å². The van der Waals surface area contributed by atoms with Gasteiger partial charge in [0.1, 0.15) is 22.8 Å². The minimum absolute atomic E-state index is 0.0618. The number of carboxylic acid groups (broad SMARTS) is 1. The zero-order chi connectivity index (χ0) is 38.7. The van der Waals surface area contributed by atoms with Crippen molar-refractivity contribution in [3.8, 4) is 0 Å². The fourth-order valence-electron chi connectivity index (χ4n) is 7.10. The molecule has 4 N–H and O–H groups in total. The van der Waals surface area contributed by atoms with Crippen LogP contribution in [0, 0.1) is 18.8 Å². The van der Waals surface area contributed by atoms with Gasteiger partial charge in [0.25, 0.3) is 5.91 Å². The second-order valence-electron chi connectivity index (χ2n) is 14.7. The highest BCUT2D eigenvalue weighted by atomic mass is 32.1. The third-order valence-corrected chi connectivity index (χ3v) is 11.5. The van der Waals surface area contributed by atoms with Crippen LogP contribution >= 0.6 is 11.3 Å². The van der Waals surface area contributed by atoms with E-state index in [9.17, 15) is 29.4 Å². The lowest BCUT2D eigenvalue weighted by Crippen LogP contribution is -2.58. The number of likely N-dealkylation sites (tertiary alicyclic amines) is 1. The molecule has 0 aliphatic carbocycles. The summed E-state index contributed by atoms with van der Waals surface area (Å²) in [5.74, 6) is -2.68. The summed E-state index contributed by atoms with van der Waals surface area (Å²) in [5, 5.41) is 29.3. The smallest absolute Gasteiger partial charge is 0.311 e. The number of aliphatic hydroxyl groups excluding tert-OH is 1. The Hall–Kier alpha value is -4.13. The molecule has 0 saturated carbocycles. The first kappa shape index (κ1) is 41.6. The lowest BCUT2D eigenvalue weighted by Gasteiger charge is -2.40. The molecule has 3 unspecified atom stereocenters. The van der Waals surface area contributed by atoms with E-state index < -0.39 is 36.0 Å². The quantitative estimate of drug-likeness (QED) is 0.125. The highest BCUT2D eigenvalue weighted by Crippen LogP contribution is 2.30. The second-order valence-corrected chi connectivity index (χ2v) is 15.6. The van der Waals surface area contributed by atoms with Crippen LogP contribution in [0.4, 0.5) is 0 Å². The van der Waals surface area contributed by atoms with Crippen molar-refractivity contribution in [1.29, 1.82) is 0 Å². The first-order chi connectivity index (χ1) is 25.3. The second kappa shape index (κ2) is 19.8. The number of aromatic nitrogens is 1. The van der Waals surface area contributed by atoms with Crippen LogP contribution in [0.1, 0.15) is 110 Å². The number of rotatable bonds is 18. The number of hydrogen-bond donors (Lipinski definition) is 4. The zero-order valence-corrected chi connectivity index (χ0v) is 32.8. The number of nitrogens with zero attached hydrogens (tertiary/aromatic N) is 3. The van der Waals surface area contributed by atoms with Crippen LogP contribution in [-0.4, -0.2) is 87.0 Å². The third kappa shape index (κ3) is 11.2. The van der Waals surface area contributed by atoms with Crippen molar-refractivity contribution in [2.45, 2.75) is 110 Å². The van der Waals surface area contributed by atoms with Crippen LogP contribution in [0.15, 0.2) is 60.0 Å². The molecule has 12 heteroatoms. The fourth-order valence-corrected chi connectivity index (χ4v) is 7.90. The van der Waals surface area contributed by atoms with Gasteiger partial charge in [-0.3, -0.25) is 24.1 Å². The van der Waals surface area contributed by atoms with Crippen molar-refractivity contribution in [1.82, 2.24) is 25.4 Å². The van der Waals surface area contributed by atoms with E-state index in [1.165, 1.54) is 11.3 Å². The van der Waals surface area contributed by atoms with E-state index >= 15 is 0 Å². The number of aliphatic carboxylic acids is 1. The molecule has 3 aromatic rings. The molecule has 2 heterocycles. The first-order valence-corrected chi connectivity index (χ1v) is 19.7. The number of hydrogen-bond acceptors (Lipinski definition) is 8. The summed E-state index contributed by atoms with van der Waals surface area (Å²) in [6.45, 7) is 11.2. The molecule has 53 heavy (non-hydrogen) atoms. The van der Waals surface area contributed by atoms with Crippen LogP contribution in [0.3, 0.4) is 0 Å².